The van der Waals surface area contributed by atoms with Gasteiger partial charge in [0.05, 0.1) is 12.3 Å². The molecule has 42 heavy (non-hydrogen) atoms. The first-order valence-electron chi connectivity index (χ1n) is 15.1. The molecule has 0 aliphatic rings. The molecule has 0 radical (unpaired) electrons. The van der Waals surface area contributed by atoms with Crippen LogP contribution in [0.2, 0.25) is 5.04 Å². The van der Waals surface area contributed by atoms with Crippen LogP contribution in [0.5, 0.6) is 0 Å². The number of benzene rings is 3. The van der Waals surface area contributed by atoms with Crippen LogP contribution in [0, 0.1) is 0 Å². The highest BCUT2D eigenvalue weighted by Crippen LogP contribution is 2.40. The zero-order chi connectivity index (χ0) is 30.2. The Morgan fingerprint density at radius 3 is 2.12 bits per heavy atom. The SMILES string of the molecule is BNC(CCCC(C)(C)[Si](O)(c1ccccc1)c1ccccc1)Cc1ccc(-c2cn(CC)c(C(=O)OCC)n2)cc1. The number of nitrogens with one attached hydrogen (secondary N) is 1. The van der Waals surface area contributed by atoms with Crippen LogP contribution in [0.15, 0.2) is 91.1 Å². The van der Waals surface area contributed by atoms with E-state index in [0.29, 0.717) is 25.0 Å². The molecule has 0 saturated carbocycles. The Morgan fingerprint density at radius 1 is 1.00 bits per heavy atom. The van der Waals surface area contributed by atoms with E-state index >= 15 is 0 Å². The third-order valence-electron chi connectivity index (χ3n) is 8.43. The zero-order valence-electron chi connectivity index (χ0n) is 25.6. The summed E-state index contributed by atoms with van der Waals surface area (Å²) in [5.74, 6) is -0.0537. The van der Waals surface area contributed by atoms with Gasteiger partial charge in [0.1, 0.15) is 0 Å². The van der Waals surface area contributed by atoms with E-state index < -0.39 is 14.3 Å². The minimum Gasteiger partial charge on any atom is -0.460 e. The first kappa shape index (κ1) is 31.5. The topological polar surface area (TPSA) is 76.4 Å². The smallest absolute Gasteiger partial charge is 0.374 e. The summed E-state index contributed by atoms with van der Waals surface area (Å²) < 4.78 is 7.00. The van der Waals surface area contributed by atoms with E-state index in [1.165, 1.54) is 5.56 Å². The third-order valence-corrected chi connectivity index (χ3v) is 13.0. The first-order chi connectivity index (χ1) is 20.2. The Morgan fingerprint density at radius 2 is 1.60 bits per heavy atom. The number of rotatable bonds is 14. The number of hydrogen-bond acceptors (Lipinski definition) is 5. The number of carbonyl (C=O) groups is 1. The molecule has 0 amide bonds. The lowest BCUT2D eigenvalue weighted by atomic mass is 9.96. The number of esters is 1. The fourth-order valence-electron chi connectivity index (χ4n) is 5.88. The van der Waals surface area contributed by atoms with E-state index in [4.69, 9.17) is 4.74 Å². The van der Waals surface area contributed by atoms with Crippen molar-refractivity contribution in [3.05, 3.63) is 103 Å². The van der Waals surface area contributed by atoms with E-state index in [2.05, 4.69) is 72.6 Å². The van der Waals surface area contributed by atoms with Gasteiger partial charge in [-0.25, -0.2) is 9.78 Å². The second-order valence-electron chi connectivity index (χ2n) is 11.6. The van der Waals surface area contributed by atoms with Crippen molar-refractivity contribution in [1.82, 2.24) is 14.8 Å². The van der Waals surface area contributed by atoms with Crippen LogP contribution >= 0.6 is 0 Å². The van der Waals surface area contributed by atoms with Gasteiger partial charge in [-0.05, 0) is 54.1 Å². The Balaban J connectivity index is 1.42. The van der Waals surface area contributed by atoms with Crippen LogP contribution < -0.4 is 15.6 Å². The quantitative estimate of drug-likeness (QED) is 0.170. The van der Waals surface area contributed by atoms with Crippen molar-refractivity contribution in [3.8, 4) is 11.3 Å². The highest BCUT2D eigenvalue weighted by atomic mass is 28.4. The molecule has 1 aromatic heterocycles. The van der Waals surface area contributed by atoms with Gasteiger partial charge in [0.2, 0.25) is 5.82 Å². The van der Waals surface area contributed by atoms with Crippen LogP contribution in [0.4, 0.5) is 0 Å². The average molecular weight is 582 g/mol. The third kappa shape index (κ3) is 6.94. The monoisotopic (exact) mass is 581 g/mol. The van der Waals surface area contributed by atoms with Gasteiger partial charge in [-0.15, -0.1) is 0 Å². The van der Waals surface area contributed by atoms with Crippen LogP contribution in [0.3, 0.4) is 0 Å². The number of aryl methyl sites for hydroxylation is 1. The normalized spacial score (nSPS) is 12.7. The molecule has 2 N–H and O–H groups in total. The molecule has 0 fully saturated rings. The van der Waals surface area contributed by atoms with E-state index in [9.17, 15) is 9.59 Å². The van der Waals surface area contributed by atoms with Gasteiger partial charge in [-0.2, -0.15) is 0 Å². The minimum absolute atomic E-state index is 0.250. The molecule has 3 aromatic carbocycles. The minimum atomic E-state index is -3.00. The molecule has 0 bridgehead atoms. The van der Waals surface area contributed by atoms with Crippen molar-refractivity contribution in [2.45, 2.75) is 71.0 Å². The maximum Gasteiger partial charge on any atom is 0.374 e. The van der Waals surface area contributed by atoms with Gasteiger partial charge in [0.25, 0.3) is 8.32 Å². The number of aromatic nitrogens is 2. The number of hydrogen-bond donors (Lipinski definition) is 2. The molecular weight excluding hydrogens is 537 g/mol. The number of imidazole rings is 1. The fraction of sp³-hybridized carbons (Fsp3) is 0.353. The van der Waals surface area contributed by atoms with Gasteiger partial charge < -0.3 is 19.3 Å². The van der Waals surface area contributed by atoms with Crippen molar-refractivity contribution in [3.63, 3.8) is 0 Å². The second-order valence-corrected chi connectivity index (χ2v) is 15.5. The predicted molar refractivity (Wildman–Crippen MR) is 176 cm³/mol. The standard InChI is InChI=1S/C34H44BN3O3Si/c1-5-38-25-31(36-32(38)33(39)41-6-2)27-21-19-26(20-22-27)24-28(37-35)14-13-23-34(3,4)42(40,29-15-9-7-10-16-29)30-17-11-8-12-18-30/h7-12,15-22,25,28,37,40H,5-6,13-14,23-24,35H2,1-4H3. The van der Waals surface area contributed by atoms with Gasteiger partial charge in [-0.1, -0.05) is 105 Å². The van der Waals surface area contributed by atoms with Gasteiger partial charge in [-0.3, -0.25) is 0 Å². The summed E-state index contributed by atoms with van der Waals surface area (Å²) in [6, 6.07) is 29.3. The summed E-state index contributed by atoms with van der Waals surface area (Å²) >= 11 is 0. The molecule has 4 aromatic rings. The van der Waals surface area contributed by atoms with Crippen molar-refractivity contribution in [1.29, 1.82) is 0 Å². The predicted octanol–water partition coefficient (Wildman–Crippen LogP) is 4.50. The number of ether oxygens (including phenoxy) is 1. The van der Waals surface area contributed by atoms with E-state index in [1.54, 1.807) is 6.92 Å². The maximum absolute atomic E-state index is 12.4. The van der Waals surface area contributed by atoms with Crippen LogP contribution in [0.25, 0.3) is 11.3 Å². The number of carbonyl (C=O) groups excluding carboxylic acids is 1. The lowest BCUT2D eigenvalue weighted by molar-refractivity contribution is 0.0506. The summed E-state index contributed by atoms with van der Waals surface area (Å²) in [5, 5.41) is 5.38. The summed E-state index contributed by atoms with van der Waals surface area (Å²) in [7, 11) is -0.973. The molecule has 1 atom stereocenters. The number of nitrogens with zero attached hydrogens (tertiary/aromatic N) is 2. The summed E-state index contributed by atoms with van der Waals surface area (Å²) in [6.07, 6.45) is 5.78. The van der Waals surface area contributed by atoms with Crippen LogP contribution in [-0.4, -0.2) is 49.3 Å². The molecule has 0 saturated heterocycles. The molecule has 8 heteroatoms. The van der Waals surface area contributed by atoms with Crippen molar-refractivity contribution < 1.29 is 14.3 Å². The van der Waals surface area contributed by atoms with E-state index in [0.717, 1.165) is 47.3 Å². The summed E-state index contributed by atoms with van der Waals surface area (Å²) in [5.41, 5.74) is 3.00. The Hall–Kier alpha value is -3.46. The van der Waals surface area contributed by atoms with Crippen molar-refractivity contribution >= 4 is 32.6 Å². The average Bonchev–Trinajstić information content (AvgIpc) is 3.46. The fourth-order valence-corrected chi connectivity index (χ4v) is 9.66. The molecule has 1 unspecified atom stereocenters. The lowest BCUT2D eigenvalue weighted by Gasteiger charge is -2.41. The first-order valence-corrected chi connectivity index (χ1v) is 17.0. The van der Waals surface area contributed by atoms with Gasteiger partial charge in [0, 0.05) is 24.3 Å². The lowest BCUT2D eigenvalue weighted by Crippen LogP contribution is -2.65. The van der Waals surface area contributed by atoms with E-state index in [-0.39, 0.29) is 5.04 Å². The Labute approximate surface area is 252 Å². The highest BCUT2D eigenvalue weighted by molar-refractivity contribution is 6.98. The molecule has 1 heterocycles. The van der Waals surface area contributed by atoms with Crippen LogP contribution in [0.1, 0.15) is 63.1 Å². The molecule has 6 nitrogen and oxygen atoms in total. The maximum atomic E-state index is 12.4. The Bertz CT molecular complexity index is 1390. The molecule has 0 spiro atoms. The largest absolute Gasteiger partial charge is 0.460 e. The zero-order valence-corrected chi connectivity index (χ0v) is 26.6. The molecule has 4 rings (SSSR count). The van der Waals surface area contributed by atoms with Gasteiger partial charge >= 0.3 is 5.97 Å². The van der Waals surface area contributed by atoms with Crippen molar-refractivity contribution in [2.24, 2.45) is 0 Å². The second kappa shape index (κ2) is 14.1. The van der Waals surface area contributed by atoms with E-state index in [1.807, 2.05) is 62.1 Å². The molecule has 0 aliphatic heterocycles. The Kier molecular flexibility index (Phi) is 10.6. The van der Waals surface area contributed by atoms with Gasteiger partial charge in [0.15, 0.2) is 7.98 Å². The summed E-state index contributed by atoms with van der Waals surface area (Å²) in [6.45, 7) is 9.23. The molecule has 0 aliphatic carbocycles. The van der Waals surface area contributed by atoms with Crippen LogP contribution in [-0.2, 0) is 17.7 Å². The highest BCUT2D eigenvalue weighted by Gasteiger charge is 2.49. The summed E-state index contributed by atoms with van der Waals surface area (Å²) in [4.78, 5) is 29.3. The molecule has 220 valence electrons. The molecular formula is C34H44BN3O3Si. The van der Waals surface area contributed by atoms with Crippen molar-refractivity contribution in [2.75, 3.05) is 6.61 Å².